The fourth-order valence-electron chi connectivity index (χ4n) is 1.55. The number of nitrogens with one attached hydrogen (secondary N) is 2. The fourth-order valence-corrected chi connectivity index (χ4v) is 3.46. The maximum atomic E-state index is 12.2. The van der Waals surface area contributed by atoms with E-state index in [0.717, 1.165) is 12.1 Å². The predicted octanol–water partition coefficient (Wildman–Crippen LogP) is 1.89. The second-order valence-electron chi connectivity index (χ2n) is 4.00. The van der Waals surface area contributed by atoms with Crippen LogP contribution in [0.1, 0.15) is 15.9 Å². The van der Waals surface area contributed by atoms with Crippen LogP contribution in [0, 0.1) is 0 Å². The van der Waals surface area contributed by atoms with E-state index in [1.807, 2.05) is 0 Å². The van der Waals surface area contributed by atoms with Crippen molar-refractivity contribution < 1.29 is 18.3 Å². The monoisotopic (exact) mass is 349 g/mol. The summed E-state index contributed by atoms with van der Waals surface area (Å²) in [5.74, 6) is -1.37. The summed E-state index contributed by atoms with van der Waals surface area (Å²) in [6.45, 7) is -0.0237. The molecule has 0 aliphatic carbocycles. The van der Waals surface area contributed by atoms with Crippen molar-refractivity contribution in [1.29, 1.82) is 0 Å². The summed E-state index contributed by atoms with van der Waals surface area (Å²) in [5.41, 5.74) is 0.225. The van der Waals surface area contributed by atoms with Gasteiger partial charge in [0.25, 0.3) is 0 Å². The smallest absolute Gasteiger partial charge is 0.337 e. The number of hydrogen-bond acceptors (Lipinski definition) is 4. The molecule has 1 aromatic heterocycles. The number of hydrogen-bond donors (Lipinski definition) is 3. The number of carbonyl (C=O) groups is 1. The Labute approximate surface area is 129 Å². The predicted molar refractivity (Wildman–Crippen MR) is 76.0 cm³/mol. The molecule has 112 valence electrons. The number of sulfonamides is 1. The van der Waals surface area contributed by atoms with E-state index in [0.29, 0.717) is 5.56 Å². The highest BCUT2D eigenvalue weighted by atomic mass is 35.5. The first-order chi connectivity index (χ1) is 9.81. The second-order valence-corrected chi connectivity index (χ2v) is 6.55. The minimum absolute atomic E-state index is 0.0237. The lowest BCUT2D eigenvalue weighted by Gasteiger charge is -2.10. The van der Waals surface area contributed by atoms with E-state index in [2.05, 4.69) is 14.9 Å². The van der Waals surface area contributed by atoms with Crippen LogP contribution in [0.3, 0.4) is 0 Å². The quantitative estimate of drug-likeness (QED) is 0.762. The summed E-state index contributed by atoms with van der Waals surface area (Å²) in [6, 6.07) is 2.18. The molecule has 0 bridgehead atoms. The Hall–Kier alpha value is -1.61. The van der Waals surface area contributed by atoms with Gasteiger partial charge in [-0.15, -0.1) is 0 Å². The third-order valence-electron chi connectivity index (χ3n) is 2.55. The van der Waals surface area contributed by atoms with Crippen LogP contribution in [0.2, 0.25) is 10.0 Å². The number of H-pyrrole nitrogens is 1. The SMILES string of the molecule is O=C(O)c1cc(Cl)cc(S(=O)(=O)NCc2cn[nH]c2)c1Cl. The van der Waals surface area contributed by atoms with Crippen LogP contribution in [-0.2, 0) is 16.6 Å². The van der Waals surface area contributed by atoms with Gasteiger partial charge in [0.05, 0.1) is 16.8 Å². The van der Waals surface area contributed by atoms with Crippen molar-refractivity contribution in [2.45, 2.75) is 11.4 Å². The van der Waals surface area contributed by atoms with Gasteiger partial charge in [-0.05, 0) is 12.1 Å². The molecule has 3 N–H and O–H groups in total. The summed E-state index contributed by atoms with van der Waals surface area (Å²) in [6.07, 6.45) is 2.97. The molecule has 0 fully saturated rings. The number of rotatable bonds is 5. The van der Waals surface area contributed by atoms with E-state index in [9.17, 15) is 13.2 Å². The van der Waals surface area contributed by atoms with Crippen LogP contribution in [0.5, 0.6) is 0 Å². The molecule has 1 heterocycles. The topological polar surface area (TPSA) is 112 Å². The summed E-state index contributed by atoms with van der Waals surface area (Å²) >= 11 is 11.6. The number of carboxylic acid groups (broad SMARTS) is 1. The maximum absolute atomic E-state index is 12.2. The zero-order valence-corrected chi connectivity index (χ0v) is 12.6. The van der Waals surface area contributed by atoms with Crippen molar-refractivity contribution in [3.8, 4) is 0 Å². The minimum Gasteiger partial charge on any atom is -0.478 e. The molecular formula is C11H9Cl2N3O4S. The number of benzene rings is 1. The molecule has 10 heteroatoms. The average Bonchev–Trinajstić information content (AvgIpc) is 2.91. The molecule has 21 heavy (non-hydrogen) atoms. The molecule has 1 aromatic carbocycles. The largest absolute Gasteiger partial charge is 0.478 e. The van der Waals surface area contributed by atoms with E-state index >= 15 is 0 Å². The van der Waals surface area contributed by atoms with Crippen molar-refractivity contribution >= 4 is 39.2 Å². The maximum Gasteiger partial charge on any atom is 0.337 e. The van der Waals surface area contributed by atoms with Crippen LogP contribution < -0.4 is 4.72 Å². The number of halogens is 2. The van der Waals surface area contributed by atoms with Crippen molar-refractivity contribution in [1.82, 2.24) is 14.9 Å². The molecule has 0 spiro atoms. The van der Waals surface area contributed by atoms with Gasteiger partial charge in [-0.3, -0.25) is 5.10 Å². The van der Waals surface area contributed by atoms with E-state index < -0.39 is 25.9 Å². The summed E-state index contributed by atoms with van der Waals surface area (Å²) in [4.78, 5) is 10.6. The van der Waals surface area contributed by atoms with Gasteiger partial charge in [0, 0.05) is 23.3 Å². The van der Waals surface area contributed by atoms with Crippen LogP contribution in [0.25, 0.3) is 0 Å². The zero-order valence-electron chi connectivity index (χ0n) is 10.3. The summed E-state index contributed by atoms with van der Waals surface area (Å²) in [7, 11) is -4.02. The minimum atomic E-state index is -4.02. The Morgan fingerprint density at radius 3 is 2.67 bits per heavy atom. The van der Waals surface area contributed by atoms with E-state index in [4.69, 9.17) is 28.3 Å². The van der Waals surface area contributed by atoms with Crippen LogP contribution in [-0.4, -0.2) is 29.7 Å². The number of aromatic nitrogens is 2. The first kappa shape index (κ1) is 15.8. The van der Waals surface area contributed by atoms with Gasteiger partial charge in [0.2, 0.25) is 10.0 Å². The molecule has 0 radical (unpaired) electrons. The first-order valence-corrected chi connectivity index (χ1v) is 7.75. The van der Waals surface area contributed by atoms with Crippen molar-refractivity contribution in [3.05, 3.63) is 45.7 Å². The molecule has 7 nitrogen and oxygen atoms in total. The lowest BCUT2D eigenvalue weighted by Crippen LogP contribution is -2.24. The van der Waals surface area contributed by atoms with Gasteiger partial charge in [0.15, 0.2) is 0 Å². The highest BCUT2D eigenvalue weighted by Gasteiger charge is 2.23. The molecular weight excluding hydrogens is 341 g/mol. The van der Waals surface area contributed by atoms with Crippen molar-refractivity contribution in [2.75, 3.05) is 0 Å². The van der Waals surface area contributed by atoms with Gasteiger partial charge in [-0.2, -0.15) is 5.10 Å². The first-order valence-electron chi connectivity index (χ1n) is 5.51. The molecule has 0 aliphatic rings. The molecule has 0 aliphatic heterocycles. The van der Waals surface area contributed by atoms with Crippen molar-refractivity contribution in [3.63, 3.8) is 0 Å². The normalized spacial score (nSPS) is 11.5. The van der Waals surface area contributed by atoms with Gasteiger partial charge in [-0.1, -0.05) is 23.2 Å². The number of carboxylic acids is 1. The Balaban J connectivity index is 2.37. The Bertz CT molecular complexity index is 775. The number of aromatic amines is 1. The van der Waals surface area contributed by atoms with Crippen LogP contribution >= 0.6 is 23.2 Å². The number of nitrogens with zero attached hydrogens (tertiary/aromatic N) is 1. The highest BCUT2D eigenvalue weighted by Crippen LogP contribution is 2.29. The molecule has 2 aromatic rings. The summed E-state index contributed by atoms with van der Waals surface area (Å²) in [5, 5.41) is 14.8. The Morgan fingerprint density at radius 2 is 2.10 bits per heavy atom. The third-order valence-corrected chi connectivity index (χ3v) is 4.71. The number of aromatic carboxylic acids is 1. The Morgan fingerprint density at radius 1 is 1.38 bits per heavy atom. The molecule has 2 rings (SSSR count). The molecule has 0 saturated carbocycles. The zero-order chi connectivity index (χ0) is 15.6. The molecule has 0 saturated heterocycles. The van der Waals surface area contributed by atoms with Crippen LogP contribution in [0.15, 0.2) is 29.4 Å². The van der Waals surface area contributed by atoms with Crippen LogP contribution in [0.4, 0.5) is 0 Å². The van der Waals surface area contributed by atoms with E-state index in [1.165, 1.54) is 12.4 Å². The lowest BCUT2D eigenvalue weighted by molar-refractivity contribution is 0.0697. The Kier molecular flexibility index (Phi) is 4.52. The van der Waals surface area contributed by atoms with Gasteiger partial charge in [0.1, 0.15) is 4.90 Å². The standard InChI is InChI=1S/C11H9Cl2N3O4S/c12-7-1-8(11(17)18)10(13)9(2-7)21(19,20)16-5-6-3-14-15-4-6/h1-4,16H,5H2,(H,14,15)(H,17,18). The molecule has 0 atom stereocenters. The highest BCUT2D eigenvalue weighted by molar-refractivity contribution is 7.89. The summed E-state index contributed by atoms with van der Waals surface area (Å²) < 4.78 is 26.7. The molecule has 0 unspecified atom stereocenters. The van der Waals surface area contributed by atoms with E-state index in [-0.39, 0.29) is 17.1 Å². The fraction of sp³-hybridized carbons (Fsp3) is 0.0909. The second kappa shape index (κ2) is 6.02. The van der Waals surface area contributed by atoms with Gasteiger partial charge in [-0.25, -0.2) is 17.9 Å². The average molecular weight is 350 g/mol. The van der Waals surface area contributed by atoms with E-state index in [1.54, 1.807) is 0 Å². The molecule has 0 amide bonds. The van der Waals surface area contributed by atoms with Gasteiger partial charge < -0.3 is 5.11 Å². The lowest BCUT2D eigenvalue weighted by atomic mass is 10.2. The van der Waals surface area contributed by atoms with Crippen molar-refractivity contribution in [2.24, 2.45) is 0 Å². The third kappa shape index (κ3) is 3.53. The van der Waals surface area contributed by atoms with Gasteiger partial charge >= 0.3 is 5.97 Å².